The van der Waals surface area contributed by atoms with Crippen LogP contribution in [-0.4, -0.2) is 23.3 Å². The van der Waals surface area contributed by atoms with Crippen LogP contribution in [0.1, 0.15) is 17.9 Å². The highest BCUT2D eigenvalue weighted by Crippen LogP contribution is 2.15. The number of rotatable bonds is 6. The van der Waals surface area contributed by atoms with Gasteiger partial charge in [0.1, 0.15) is 5.92 Å². The van der Waals surface area contributed by atoms with Crippen molar-refractivity contribution in [3.05, 3.63) is 35.9 Å². The summed E-state index contributed by atoms with van der Waals surface area (Å²) in [6.07, 6.45) is 0.0879. The van der Waals surface area contributed by atoms with E-state index in [9.17, 15) is 9.59 Å². The third kappa shape index (κ3) is 4.14. The molecule has 0 saturated carbocycles. The first-order chi connectivity index (χ1) is 8.52. The first-order valence-electron chi connectivity index (χ1n) is 5.42. The fourth-order valence-corrected chi connectivity index (χ4v) is 1.74. The Bertz CT molecular complexity index is 448. The third-order valence-electron chi connectivity index (χ3n) is 2.35. The van der Waals surface area contributed by atoms with Gasteiger partial charge in [0.05, 0.1) is 4.99 Å². The van der Waals surface area contributed by atoms with E-state index in [0.717, 1.165) is 5.56 Å². The van der Waals surface area contributed by atoms with Crippen molar-refractivity contribution in [2.45, 2.75) is 12.3 Å². The summed E-state index contributed by atoms with van der Waals surface area (Å²) in [7, 11) is 0. The Kier molecular flexibility index (Phi) is 5.26. The molecular weight excluding hydrogens is 250 g/mol. The van der Waals surface area contributed by atoms with Gasteiger partial charge in [-0.05, 0) is 5.56 Å². The molecule has 0 bridgehead atoms. The number of hydrogen-bond acceptors (Lipinski definition) is 3. The lowest BCUT2D eigenvalue weighted by atomic mass is 9.98. The highest BCUT2D eigenvalue weighted by Gasteiger charge is 2.22. The highest BCUT2D eigenvalue weighted by molar-refractivity contribution is 7.80. The molecule has 1 atom stereocenters. The third-order valence-corrected chi connectivity index (χ3v) is 2.59. The minimum absolute atomic E-state index is 0.0879. The minimum Gasteiger partial charge on any atom is -0.392 e. The van der Waals surface area contributed by atoms with E-state index in [1.807, 2.05) is 6.07 Å². The van der Waals surface area contributed by atoms with E-state index in [4.69, 9.17) is 23.7 Å². The quantitative estimate of drug-likeness (QED) is 0.633. The van der Waals surface area contributed by atoms with Gasteiger partial charge < -0.3 is 16.8 Å². The highest BCUT2D eigenvalue weighted by atomic mass is 32.1. The van der Waals surface area contributed by atoms with Crippen LogP contribution in [0.4, 0.5) is 0 Å². The monoisotopic (exact) mass is 265 g/mol. The fourth-order valence-electron chi connectivity index (χ4n) is 1.50. The van der Waals surface area contributed by atoms with Gasteiger partial charge in [-0.1, -0.05) is 42.5 Å². The van der Waals surface area contributed by atoms with E-state index < -0.39 is 11.8 Å². The Morgan fingerprint density at radius 2 is 1.83 bits per heavy atom. The summed E-state index contributed by atoms with van der Waals surface area (Å²) in [6, 6.07) is 8.99. The summed E-state index contributed by atoms with van der Waals surface area (Å²) >= 11 is 4.90. The van der Waals surface area contributed by atoms with E-state index >= 15 is 0 Å². The van der Waals surface area contributed by atoms with Crippen molar-refractivity contribution in [2.75, 3.05) is 6.54 Å². The molecule has 1 aromatic carbocycles. The zero-order valence-electron chi connectivity index (χ0n) is 9.76. The minimum atomic E-state index is -0.686. The molecule has 6 heteroatoms. The lowest BCUT2D eigenvalue weighted by Gasteiger charge is -2.15. The number of carbonyl (C=O) groups excluding carboxylic acids is 2. The number of carbonyl (C=O) groups is 2. The number of benzene rings is 1. The van der Waals surface area contributed by atoms with E-state index in [2.05, 4.69) is 5.32 Å². The van der Waals surface area contributed by atoms with E-state index in [0.29, 0.717) is 0 Å². The van der Waals surface area contributed by atoms with Gasteiger partial charge in [-0.2, -0.15) is 0 Å². The number of nitrogens with two attached hydrogens (primary N) is 2. The second-order valence-electron chi connectivity index (χ2n) is 3.75. The number of thiocarbonyl (C=S) groups is 1. The maximum atomic E-state index is 11.9. The van der Waals surface area contributed by atoms with Crippen molar-refractivity contribution in [3.63, 3.8) is 0 Å². The maximum absolute atomic E-state index is 11.9. The summed E-state index contributed by atoms with van der Waals surface area (Å²) in [5.41, 5.74) is 11.3. The van der Waals surface area contributed by atoms with Gasteiger partial charge in [0, 0.05) is 13.0 Å². The molecule has 5 nitrogen and oxygen atoms in total. The molecule has 0 aliphatic heterocycles. The van der Waals surface area contributed by atoms with Crippen LogP contribution in [0.15, 0.2) is 30.3 Å². The van der Waals surface area contributed by atoms with Crippen molar-refractivity contribution in [1.29, 1.82) is 0 Å². The molecule has 96 valence electrons. The molecular formula is C12H15N3O2S. The second kappa shape index (κ2) is 6.70. The summed E-state index contributed by atoms with van der Waals surface area (Å²) in [6.45, 7) is 0.181. The Labute approximate surface area is 111 Å². The standard InChI is InChI=1S/C12H15N3O2S/c13-9(16)6-7-15-12(17)10(11(14)18)8-4-2-1-3-5-8/h1-5,10H,6-7H2,(H2,13,16)(H2,14,18)(H,15,17). The van der Waals surface area contributed by atoms with Crippen molar-refractivity contribution < 1.29 is 9.59 Å². The first kappa shape index (κ1) is 14.1. The molecule has 1 aromatic rings. The first-order valence-corrected chi connectivity index (χ1v) is 5.83. The summed E-state index contributed by atoms with van der Waals surface area (Å²) < 4.78 is 0. The molecule has 0 saturated heterocycles. The Morgan fingerprint density at radius 1 is 1.22 bits per heavy atom. The van der Waals surface area contributed by atoms with Crippen LogP contribution in [0.3, 0.4) is 0 Å². The van der Waals surface area contributed by atoms with Gasteiger partial charge in [-0.3, -0.25) is 9.59 Å². The smallest absolute Gasteiger partial charge is 0.234 e. The van der Waals surface area contributed by atoms with Crippen molar-refractivity contribution >= 4 is 29.0 Å². The SMILES string of the molecule is NC(=O)CCNC(=O)C(C(N)=S)c1ccccc1. The van der Waals surface area contributed by atoms with Gasteiger partial charge in [0.2, 0.25) is 11.8 Å². The van der Waals surface area contributed by atoms with Crippen LogP contribution in [0, 0.1) is 0 Å². The van der Waals surface area contributed by atoms with E-state index in [1.54, 1.807) is 24.3 Å². The molecule has 0 aliphatic rings. The average Bonchev–Trinajstić information content (AvgIpc) is 2.29. The van der Waals surface area contributed by atoms with Gasteiger partial charge in [-0.25, -0.2) is 0 Å². The van der Waals surface area contributed by atoms with Crippen LogP contribution in [0.25, 0.3) is 0 Å². The summed E-state index contributed by atoms with van der Waals surface area (Å²) in [5.74, 6) is -1.48. The molecule has 0 aromatic heterocycles. The van der Waals surface area contributed by atoms with Gasteiger partial charge >= 0.3 is 0 Å². The Balaban J connectivity index is 2.71. The molecule has 0 fully saturated rings. The van der Waals surface area contributed by atoms with Crippen LogP contribution in [-0.2, 0) is 9.59 Å². The normalized spacial score (nSPS) is 11.6. The molecule has 1 unspecified atom stereocenters. The summed E-state index contributed by atoms with van der Waals surface area (Å²) in [5, 5.41) is 2.59. The lowest BCUT2D eigenvalue weighted by Crippen LogP contribution is -2.37. The lowest BCUT2D eigenvalue weighted by molar-refractivity contribution is -0.121. The van der Waals surface area contributed by atoms with Crippen molar-refractivity contribution in [2.24, 2.45) is 11.5 Å². The number of primary amides is 1. The largest absolute Gasteiger partial charge is 0.392 e. The topological polar surface area (TPSA) is 98.2 Å². The molecule has 0 radical (unpaired) electrons. The molecule has 0 spiro atoms. The Morgan fingerprint density at radius 3 is 2.33 bits per heavy atom. The molecule has 5 N–H and O–H groups in total. The molecule has 18 heavy (non-hydrogen) atoms. The van der Waals surface area contributed by atoms with Gasteiger partial charge in [0.15, 0.2) is 0 Å². The predicted octanol–water partition coefficient (Wildman–Crippen LogP) is 0.0479. The zero-order valence-corrected chi connectivity index (χ0v) is 10.6. The van der Waals surface area contributed by atoms with Crippen LogP contribution < -0.4 is 16.8 Å². The number of hydrogen-bond donors (Lipinski definition) is 3. The van der Waals surface area contributed by atoms with Crippen LogP contribution >= 0.6 is 12.2 Å². The second-order valence-corrected chi connectivity index (χ2v) is 4.22. The van der Waals surface area contributed by atoms with Crippen molar-refractivity contribution in [3.8, 4) is 0 Å². The van der Waals surface area contributed by atoms with Gasteiger partial charge in [-0.15, -0.1) is 0 Å². The molecule has 0 heterocycles. The van der Waals surface area contributed by atoms with E-state index in [-0.39, 0.29) is 23.9 Å². The number of amides is 2. The van der Waals surface area contributed by atoms with Crippen molar-refractivity contribution in [1.82, 2.24) is 5.32 Å². The number of nitrogens with one attached hydrogen (secondary N) is 1. The predicted molar refractivity (Wildman–Crippen MR) is 72.8 cm³/mol. The van der Waals surface area contributed by atoms with E-state index in [1.165, 1.54) is 0 Å². The Hall–Kier alpha value is -1.95. The van der Waals surface area contributed by atoms with Crippen LogP contribution in [0.2, 0.25) is 0 Å². The van der Waals surface area contributed by atoms with Crippen LogP contribution in [0.5, 0.6) is 0 Å². The molecule has 0 aliphatic carbocycles. The average molecular weight is 265 g/mol. The maximum Gasteiger partial charge on any atom is 0.234 e. The molecule has 2 amide bonds. The summed E-state index contributed by atoms with van der Waals surface area (Å²) in [4.78, 5) is 22.6. The molecule has 1 rings (SSSR count). The fraction of sp³-hybridized carbons (Fsp3) is 0.250. The van der Waals surface area contributed by atoms with Gasteiger partial charge in [0.25, 0.3) is 0 Å². The zero-order chi connectivity index (χ0) is 13.5.